The van der Waals surface area contributed by atoms with Crippen LogP contribution in [0.25, 0.3) is 0 Å². The normalized spacial score (nSPS) is 14.5. The van der Waals surface area contributed by atoms with E-state index in [0.717, 1.165) is 6.42 Å². The highest BCUT2D eigenvalue weighted by Crippen LogP contribution is 2.03. The third-order valence-electron chi connectivity index (χ3n) is 2.29. The zero-order valence-electron chi connectivity index (χ0n) is 9.10. The van der Waals surface area contributed by atoms with Gasteiger partial charge in [0.05, 0.1) is 0 Å². The van der Waals surface area contributed by atoms with E-state index in [1.54, 1.807) is 6.92 Å². The van der Waals surface area contributed by atoms with E-state index in [-0.39, 0.29) is 6.04 Å². The first kappa shape index (κ1) is 11.7. The van der Waals surface area contributed by atoms with Crippen molar-refractivity contribution in [1.29, 1.82) is 0 Å². The third kappa shape index (κ3) is 4.13. The summed E-state index contributed by atoms with van der Waals surface area (Å²) in [6.45, 7) is 3.65. The number of benzene rings is 1. The number of nitrogens with one attached hydrogen (secondary N) is 1. The molecule has 1 rings (SSSR count). The Morgan fingerprint density at radius 1 is 1.33 bits per heavy atom. The van der Waals surface area contributed by atoms with Crippen molar-refractivity contribution in [3.8, 4) is 0 Å². The van der Waals surface area contributed by atoms with E-state index in [0.29, 0.717) is 0 Å². The number of carbonyl (C=O) groups is 1. The van der Waals surface area contributed by atoms with Crippen molar-refractivity contribution in [2.45, 2.75) is 32.4 Å². The van der Waals surface area contributed by atoms with E-state index in [1.807, 2.05) is 37.3 Å². The molecule has 82 valence electrons. The zero-order valence-corrected chi connectivity index (χ0v) is 9.10. The molecule has 0 spiro atoms. The number of hydrogen-bond donors (Lipinski definition) is 2. The maximum atomic E-state index is 10.6. The zero-order chi connectivity index (χ0) is 11.3. The fraction of sp³-hybridized carbons (Fsp3) is 0.417. The average Bonchev–Trinajstić information content (AvgIpc) is 2.18. The predicted molar refractivity (Wildman–Crippen MR) is 59.8 cm³/mol. The van der Waals surface area contributed by atoms with Crippen LogP contribution in [0.2, 0.25) is 0 Å². The predicted octanol–water partition coefficient (Wildman–Crippen LogP) is 1.68. The number of carboxylic acid groups (broad SMARTS) is 1. The summed E-state index contributed by atoms with van der Waals surface area (Å²) in [5.74, 6) is -0.810. The van der Waals surface area contributed by atoms with Crippen molar-refractivity contribution in [3.63, 3.8) is 0 Å². The monoisotopic (exact) mass is 207 g/mol. The largest absolute Gasteiger partial charge is 0.480 e. The summed E-state index contributed by atoms with van der Waals surface area (Å²) in [6.07, 6.45) is 0.846. The first-order valence-electron chi connectivity index (χ1n) is 5.12. The lowest BCUT2D eigenvalue weighted by Crippen LogP contribution is -2.40. The van der Waals surface area contributed by atoms with Crippen LogP contribution in [0, 0.1) is 0 Å². The fourth-order valence-corrected chi connectivity index (χ4v) is 1.52. The molecule has 0 bridgehead atoms. The molecule has 3 nitrogen and oxygen atoms in total. The SMILES string of the molecule is CC(Cc1ccccc1)N[C@H](C)C(=O)O. The number of rotatable bonds is 5. The van der Waals surface area contributed by atoms with E-state index < -0.39 is 12.0 Å². The molecule has 1 aromatic carbocycles. The van der Waals surface area contributed by atoms with Gasteiger partial charge in [-0.15, -0.1) is 0 Å². The van der Waals surface area contributed by atoms with Crippen LogP contribution in [0.1, 0.15) is 19.4 Å². The minimum Gasteiger partial charge on any atom is -0.480 e. The van der Waals surface area contributed by atoms with Gasteiger partial charge in [0, 0.05) is 6.04 Å². The molecule has 0 heterocycles. The summed E-state index contributed by atoms with van der Waals surface area (Å²) in [4.78, 5) is 10.6. The highest BCUT2D eigenvalue weighted by Gasteiger charge is 2.13. The quantitative estimate of drug-likeness (QED) is 0.772. The molecular formula is C12H17NO2. The van der Waals surface area contributed by atoms with Crippen LogP contribution in [-0.2, 0) is 11.2 Å². The second kappa shape index (κ2) is 5.51. The Hall–Kier alpha value is -1.35. The van der Waals surface area contributed by atoms with E-state index in [1.165, 1.54) is 5.56 Å². The Balaban J connectivity index is 2.43. The first-order chi connectivity index (χ1) is 7.09. The molecule has 0 aliphatic heterocycles. The smallest absolute Gasteiger partial charge is 0.320 e. The highest BCUT2D eigenvalue weighted by molar-refractivity contribution is 5.72. The number of carboxylic acids is 1. The van der Waals surface area contributed by atoms with Gasteiger partial charge in [0.15, 0.2) is 0 Å². The Bertz CT molecular complexity index is 311. The van der Waals surface area contributed by atoms with E-state index in [2.05, 4.69) is 5.32 Å². The molecular weight excluding hydrogens is 190 g/mol. The summed E-state index contributed by atoms with van der Waals surface area (Å²) < 4.78 is 0. The Morgan fingerprint density at radius 2 is 1.93 bits per heavy atom. The second-order valence-corrected chi connectivity index (χ2v) is 3.82. The summed E-state index contributed by atoms with van der Waals surface area (Å²) in [5.41, 5.74) is 1.22. The maximum Gasteiger partial charge on any atom is 0.320 e. The molecule has 2 atom stereocenters. The minimum absolute atomic E-state index is 0.165. The van der Waals surface area contributed by atoms with Gasteiger partial charge in [-0.3, -0.25) is 4.79 Å². The fourth-order valence-electron chi connectivity index (χ4n) is 1.52. The average molecular weight is 207 g/mol. The van der Waals surface area contributed by atoms with Gasteiger partial charge in [-0.05, 0) is 25.8 Å². The molecule has 1 aromatic rings. The molecule has 0 fully saturated rings. The second-order valence-electron chi connectivity index (χ2n) is 3.82. The molecule has 2 N–H and O–H groups in total. The lowest BCUT2D eigenvalue weighted by Gasteiger charge is -2.16. The molecule has 0 saturated heterocycles. The van der Waals surface area contributed by atoms with Crippen LogP contribution in [0.15, 0.2) is 30.3 Å². The number of aliphatic carboxylic acids is 1. The molecule has 15 heavy (non-hydrogen) atoms. The summed E-state index contributed by atoms with van der Waals surface area (Å²) >= 11 is 0. The molecule has 0 radical (unpaired) electrons. The Morgan fingerprint density at radius 3 is 2.47 bits per heavy atom. The lowest BCUT2D eigenvalue weighted by atomic mass is 10.1. The van der Waals surface area contributed by atoms with Crippen LogP contribution in [-0.4, -0.2) is 23.2 Å². The summed E-state index contributed by atoms with van der Waals surface area (Å²) in [6, 6.07) is 9.71. The van der Waals surface area contributed by atoms with Crippen LogP contribution in [0.4, 0.5) is 0 Å². The molecule has 3 heteroatoms. The Labute approximate surface area is 90.1 Å². The van der Waals surface area contributed by atoms with Gasteiger partial charge in [0.1, 0.15) is 6.04 Å². The maximum absolute atomic E-state index is 10.6. The first-order valence-corrected chi connectivity index (χ1v) is 5.12. The van der Waals surface area contributed by atoms with Gasteiger partial charge in [-0.1, -0.05) is 30.3 Å². The van der Waals surface area contributed by atoms with Crippen LogP contribution >= 0.6 is 0 Å². The van der Waals surface area contributed by atoms with Gasteiger partial charge in [-0.2, -0.15) is 0 Å². The van der Waals surface area contributed by atoms with Crippen LogP contribution in [0.5, 0.6) is 0 Å². The van der Waals surface area contributed by atoms with Crippen molar-refractivity contribution in [2.75, 3.05) is 0 Å². The van der Waals surface area contributed by atoms with E-state index in [4.69, 9.17) is 5.11 Å². The standard InChI is InChI=1S/C12H17NO2/c1-9(13-10(2)12(14)15)8-11-6-4-3-5-7-11/h3-7,9-10,13H,8H2,1-2H3,(H,14,15)/t9?,10-/m1/s1. The Kier molecular flexibility index (Phi) is 4.31. The minimum atomic E-state index is -0.810. The molecule has 0 aromatic heterocycles. The third-order valence-corrected chi connectivity index (χ3v) is 2.29. The van der Waals surface area contributed by atoms with Crippen LogP contribution < -0.4 is 5.32 Å². The van der Waals surface area contributed by atoms with Crippen molar-refractivity contribution < 1.29 is 9.90 Å². The van der Waals surface area contributed by atoms with Crippen LogP contribution in [0.3, 0.4) is 0 Å². The molecule has 0 saturated carbocycles. The summed E-state index contributed by atoms with van der Waals surface area (Å²) in [7, 11) is 0. The van der Waals surface area contributed by atoms with Gasteiger partial charge >= 0.3 is 5.97 Å². The van der Waals surface area contributed by atoms with Crippen molar-refractivity contribution >= 4 is 5.97 Å². The number of hydrogen-bond acceptors (Lipinski definition) is 2. The van der Waals surface area contributed by atoms with Gasteiger partial charge in [0.2, 0.25) is 0 Å². The van der Waals surface area contributed by atoms with E-state index >= 15 is 0 Å². The topological polar surface area (TPSA) is 49.3 Å². The van der Waals surface area contributed by atoms with Gasteiger partial charge in [-0.25, -0.2) is 0 Å². The highest BCUT2D eigenvalue weighted by atomic mass is 16.4. The van der Waals surface area contributed by atoms with Crippen molar-refractivity contribution in [3.05, 3.63) is 35.9 Å². The van der Waals surface area contributed by atoms with Gasteiger partial charge < -0.3 is 10.4 Å². The van der Waals surface area contributed by atoms with Crippen molar-refractivity contribution in [2.24, 2.45) is 0 Å². The molecule has 1 unspecified atom stereocenters. The van der Waals surface area contributed by atoms with Crippen molar-refractivity contribution in [1.82, 2.24) is 5.32 Å². The molecule has 0 amide bonds. The molecule has 0 aliphatic rings. The lowest BCUT2D eigenvalue weighted by molar-refractivity contribution is -0.139. The van der Waals surface area contributed by atoms with E-state index in [9.17, 15) is 4.79 Å². The van der Waals surface area contributed by atoms with Gasteiger partial charge in [0.25, 0.3) is 0 Å². The molecule has 0 aliphatic carbocycles. The summed E-state index contributed by atoms with van der Waals surface area (Å²) in [5, 5.41) is 11.8.